The maximum atomic E-state index is 11.4. The van der Waals surface area contributed by atoms with Crippen molar-refractivity contribution in [2.24, 2.45) is 0 Å². The highest BCUT2D eigenvalue weighted by Crippen LogP contribution is 2.21. The van der Waals surface area contributed by atoms with Gasteiger partial charge in [-0.2, -0.15) is 0 Å². The number of carbonyl (C=O) groups is 1. The number of Topliss-reactive ketones (excluding diaryl/α,β-unsaturated/α-hetero) is 1. The van der Waals surface area contributed by atoms with Crippen LogP contribution in [0.3, 0.4) is 0 Å². The number of benzene rings is 1. The lowest BCUT2D eigenvalue weighted by molar-refractivity contribution is 0.0977. The van der Waals surface area contributed by atoms with E-state index in [9.17, 15) is 4.79 Å². The van der Waals surface area contributed by atoms with Gasteiger partial charge in [0.1, 0.15) is 0 Å². The van der Waals surface area contributed by atoms with E-state index >= 15 is 0 Å². The third-order valence-electron chi connectivity index (χ3n) is 2.30. The predicted octanol–water partition coefficient (Wildman–Crippen LogP) is 1.53. The number of rotatable bonds is 0. The Balaban J connectivity index is 2.55. The van der Waals surface area contributed by atoms with Crippen LogP contribution in [-0.4, -0.2) is 12.3 Å². The van der Waals surface area contributed by atoms with E-state index in [-0.39, 0.29) is 5.78 Å². The fraction of sp³-hybridized carbons (Fsp3) is 0.300. The molecule has 0 saturated heterocycles. The highest BCUT2D eigenvalue weighted by molar-refractivity contribution is 6.00. The van der Waals surface area contributed by atoms with Gasteiger partial charge in [0.05, 0.1) is 6.54 Å². The number of carbonyl (C=O) groups excluding carboxylic acids is 1. The fourth-order valence-electron chi connectivity index (χ4n) is 1.58. The standard InChI is InChI=1S/C10H11NO/c1-7-8-4-2-3-5-9(8)10(12)6-11-7/h2-5,7,11H,6H2,1H3/t7-/m0/s1. The molecule has 0 aromatic heterocycles. The Kier molecular flexibility index (Phi) is 1.70. The molecule has 1 aliphatic rings. The molecule has 0 spiro atoms. The third-order valence-corrected chi connectivity index (χ3v) is 2.30. The molecule has 1 aliphatic heterocycles. The Labute approximate surface area is 71.6 Å². The van der Waals surface area contributed by atoms with Crippen molar-refractivity contribution in [2.45, 2.75) is 13.0 Å². The van der Waals surface area contributed by atoms with Gasteiger partial charge in [-0.3, -0.25) is 4.79 Å². The average Bonchev–Trinajstić information content (AvgIpc) is 2.12. The molecule has 62 valence electrons. The van der Waals surface area contributed by atoms with Crippen molar-refractivity contribution < 1.29 is 4.79 Å². The zero-order valence-corrected chi connectivity index (χ0v) is 7.00. The molecule has 2 nitrogen and oxygen atoms in total. The van der Waals surface area contributed by atoms with Gasteiger partial charge in [-0.25, -0.2) is 0 Å². The third kappa shape index (κ3) is 1.04. The summed E-state index contributed by atoms with van der Waals surface area (Å²) >= 11 is 0. The van der Waals surface area contributed by atoms with E-state index in [0.717, 1.165) is 11.1 Å². The van der Waals surface area contributed by atoms with Gasteiger partial charge in [0.15, 0.2) is 5.78 Å². The molecule has 1 atom stereocenters. The Bertz CT molecular complexity index is 319. The number of ketones is 1. The van der Waals surface area contributed by atoms with Gasteiger partial charge in [0.2, 0.25) is 0 Å². The van der Waals surface area contributed by atoms with Crippen molar-refractivity contribution >= 4 is 5.78 Å². The summed E-state index contributed by atoms with van der Waals surface area (Å²) in [4.78, 5) is 11.4. The molecule has 1 N–H and O–H groups in total. The van der Waals surface area contributed by atoms with Gasteiger partial charge in [-0.15, -0.1) is 0 Å². The SMILES string of the molecule is C[C@@H]1NCC(=O)c2ccccc21. The van der Waals surface area contributed by atoms with Crippen LogP contribution in [0.15, 0.2) is 24.3 Å². The van der Waals surface area contributed by atoms with Crippen LogP contribution in [0.2, 0.25) is 0 Å². The first kappa shape index (κ1) is 7.50. The van der Waals surface area contributed by atoms with Gasteiger partial charge in [-0.1, -0.05) is 24.3 Å². The van der Waals surface area contributed by atoms with Crippen LogP contribution < -0.4 is 5.32 Å². The first-order valence-electron chi connectivity index (χ1n) is 4.14. The maximum Gasteiger partial charge on any atom is 0.176 e. The number of fused-ring (bicyclic) bond motifs is 1. The Morgan fingerprint density at radius 2 is 2.17 bits per heavy atom. The van der Waals surface area contributed by atoms with E-state index in [4.69, 9.17) is 0 Å². The normalized spacial score (nSPS) is 22.1. The Hall–Kier alpha value is -1.15. The molecule has 0 fully saturated rings. The molecule has 1 aromatic rings. The molecule has 1 heterocycles. The molecule has 0 saturated carbocycles. The number of hydrogen-bond donors (Lipinski definition) is 1. The van der Waals surface area contributed by atoms with E-state index in [0.29, 0.717) is 12.6 Å². The lowest BCUT2D eigenvalue weighted by atomic mass is 9.95. The summed E-state index contributed by atoms with van der Waals surface area (Å²) in [5.74, 6) is 0.198. The van der Waals surface area contributed by atoms with Crippen LogP contribution in [0.4, 0.5) is 0 Å². The van der Waals surface area contributed by atoms with E-state index in [1.54, 1.807) is 0 Å². The monoisotopic (exact) mass is 161 g/mol. The molecule has 2 rings (SSSR count). The largest absolute Gasteiger partial charge is 0.303 e. The molecular weight excluding hydrogens is 150 g/mol. The van der Waals surface area contributed by atoms with Crippen LogP contribution in [0.1, 0.15) is 28.9 Å². The lowest BCUT2D eigenvalue weighted by Gasteiger charge is -2.22. The van der Waals surface area contributed by atoms with E-state index in [1.807, 2.05) is 24.3 Å². The second kappa shape index (κ2) is 2.72. The van der Waals surface area contributed by atoms with E-state index < -0.39 is 0 Å². The quantitative estimate of drug-likeness (QED) is 0.625. The van der Waals surface area contributed by atoms with Crippen molar-refractivity contribution in [3.63, 3.8) is 0 Å². The summed E-state index contributed by atoms with van der Waals surface area (Å²) < 4.78 is 0. The minimum Gasteiger partial charge on any atom is -0.303 e. The van der Waals surface area contributed by atoms with Gasteiger partial charge in [0, 0.05) is 11.6 Å². The first-order valence-corrected chi connectivity index (χ1v) is 4.14. The van der Waals surface area contributed by atoms with Crippen LogP contribution in [0.5, 0.6) is 0 Å². The predicted molar refractivity (Wildman–Crippen MR) is 47.2 cm³/mol. The summed E-state index contributed by atoms with van der Waals surface area (Å²) in [5, 5.41) is 3.14. The number of nitrogens with one attached hydrogen (secondary N) is 1. The van der Waals surface area contributed by atoms with E-state index in [2.05, 4.69) is 12.2 Å². The summed E-state index contributed by atoms with van der Waals surface area (Å²) in [6.45, 7) is 2.55. The van der Waals surface area contributed by atoms with Crippen molar-refractivity contribution in [1.82, 2.24) is 5.32 Å². The summed E-state index contributed by atoms with van der Waals surface area (Å²) in [7, 11) is 0. The summed E-state index contributed by atoms with van der Waals surface area (Å²) in [6.07, 6.45) is 0. The Morgan fingerprint density at radius 3 is 2.92 bits per heavy atom. The number of hydrogen-bond acceptors (Lipinski definition) is 2. The van der Waals surface area contributed by atoms with Gasteiger partial charge < -0.3 is 5.32 Å². The second-order valence-corrected chi connectivity index (χ2v) is 3.11. The first-order chi connectivity index (χ1) is 5.79. The smallest absolute Gasteiger partial charge is 0.176 e. The van der Waals surface area contributed by atoms with Crippen LogP contribution in [0.25, 0.3) is 0 Å². The molecule has 0 unspecified atom stereocenters. The highest BCUT2D eigenvalue weighted by Gasteiger charge is 2.20. The zero-order chi connectivity index (χ0) is 8.55. The van der Waals surface area contributed by atoms with Crippen LogP contribution in [0, 0.1) is 0 Å². The summed E-state index contributed by atoms with van der Waals surface area (Å²) in [5.41, 5.74) is 2.00. The fourth-order valence-corrected chi connectivity index (χ4v) is 1.58. The average molecular weight is 161 g/mol. The van der Waals surface area contributed by atoms with E-state index in [1.165, 1.54) is 0 Å². The van der Waals surface area contributed by atoms with Crippen LogP contribution in [-0.2, 0) is 0 Å². The topological polar surface area (TPSA) is 29.1 Å². The molecule has 0 aliphatic carbocycles. The minimum atomic E-state index is 0.198. The maximum absolute atomic E-state index is 11.4. The summed E-state index contributed by atoms with van der Waals surface area (Å²) in [6, 6.07) is 8.09. The van der Waals surface area contributed by atoms with Gasteiger partial charge in [-0.05, 0) is 12.5 Å². The Morgan fingerprint density at radius 1 is 1.42 bits per heavy atom. The van der Waals surface area contributed by atoms with Crippen LogP contribution >= 0.6 is 0 Å². The molecule has 1 aromatic carbocycles. The zero-order valence-electron chi connectivity index (χ0n) is 7.00. The van der Waals surface area contributed by atoms with Gasteiger partial charge in [0.25, 0.3) is 0 Å². The second-order valence-electron chi connectivity index (χ2n) is 3.11. The molecular formula is C10H11NO. The molecule has 0 amide bonds. The molecule has 2 heteroatoms. The van der Waals surface area contributed by atoms with Crippen molar-refractivity contribution in [3.8, 4) is 0 Å². The molecule has 12 heavy (non-hydrogen) atoms. The van der Waals surface area contributed by atoms with Gasteiger partial charge >= 0.3 is 0 Å². The van der Waals surface area contributed by atoms with Crippen molar-refractivity contribution in [3.05, 3.63) is 35.4 Å². The van der Waals surface area contributed by atoms with Crippen molar-refractivity contribution in [2.75, 3.05) is 6.54 Å². The lowest BCUT2D eigenvalue weighted by Crippen LogP contribution is -2.32. The molecule has 0 bridgehead atoms. The van der Waals surface area contributed by atoms with Crippen molar-refractivity contribution in [1.29, 1.82) is 0 Å². The molecule has 0 radical (unpaired) electrons. The highest BCUT2D eigenvalue weighted by atomic mass is 16.1. The minimum absolute atomic E-state index is 0.198.